The van der Waals surface area contributed by atoms with E-state index in [1.54, 1.807) is 0 Å². The fourth-order valence-electron chi connectivity index (χ4n) is 2.41. The molecular formula is C17H25NO. The predicted octanol–water partition coefficient (Wildman–Crippen LogP) is 3.60. The van der Waals surface area contributed by atoms with Gasteiger partial charge in [0.05, 0.1) is 12.6 Å². The van der Waals surface area contributed by atoms with Crippen LogP contribution in [0.2, 0.25) is 0 Å². The molecule has 19 heavy (non-hydrogen) atoms. The molecule has 0 aromatic heterocycles. The second-order valence-electron chi connectivity index (χ2n) is 5.27. The Balaban J connectivity index is 1.90. The Labute approximate surface area is 116 Å². The van der Waals surface area contributed by atoms with Gasteiger partial charge in [0, 0.05) is 6.42 Å². The molecule has 2 heteroatoms. The van der Waals surface area contributed by atoms with E-state index in [0.717, 1.165) is 44.6 Å². The van der Waals surface area contributed by atoms with Crippen LogP contribution in [0.4, 0.5) is 0 Å². The Hall–Kier alpha value is -1.28. The number of hydrogen-bond acceptors (Lipinski definition) is 2. The zero-order valence-electron chi connectivity index (χ0n) is 12.1. The lowest BCUT2D eigenvalue weighted by Crippen LogP contribution is -2.32. The third-order valence-corrected chi connectivity index (χ3v) is 3.56. The van der Waals surface area contributed by atoms with Gasteiger partial charge in [-0.1, -0.05) is 36.8 Å². The molecule has 0 saturated carbocycles. The smallest absolute Gasteiger partial charge is 0.109 e. The van der Waals surface area contributed by atoms with Gasteiger partial charge in [-0.05, 0) is 44.4 Å². The first-order chi connectivity index (χ1) is 9.29. The molecule has 0 bridgehead atoms. The summed E-state index contributed by atoms with van der Waals surface area (Å²) in [5.41, 5.74) is 2.73. The van der Waals surface area contributed by atoms with Gasteiger partial charge in [0.25, 0.3) is 0 Å². The molecule has 0 radical (unpaired) electrons. The fourth-order valence-corrected chi connectivity index (χ4v) is 2.41. The first-order valence-corrected chi connectivity index (χ1v) is 7.41. The minimum Gasteiger partial charge on any atom is -0.496 e. The average Bonchev–Trinajstić information content (AvgIpc) is 2.95. The van der Waals surface area contributed by atoms with Gasteiger partial charge < -0.3 is 10.1 Å². The Bertz CT molecular complexity index is 408. The zero-order chi connectivity index (χ0) is 13.5. The normalized spacial score (nSPS) is 16.0. The summed E-state index contributed by atoms with van der Waals surface area (Å²) in [6, 6.07) is 9.22. The summed E-state index contributed by atoms with van der Waals surface area (Å²) in [4.78, 5) is 0. The zero-order valence-corrected chi connectivity index (χ0v) is 12.1. The van der Waals surface area contributed by atoms with Gasteiger partial charge in [0.1, 0.15) is 5.76 Å². The maximum atomic E-state index is 5.72. The molecule has 0 aliphatic carbocycles. The molecular weight excluding hydrogens is 234 g/mol. The third-order valence-electron chi connectivity index (χ3n) is 3.56. The highest BCUT2D eigenvalue weighted by Crippen LogP contribution is 2.18. The number of hydrogen-bond donors (Lipinski definition) is 1. The lowest BCUT2D eigenvalue weighted by molar-refractivity contribution is 0.211. The molecule has 104 valence electrons. The van der Waals surface area contributed by atoms with Crippen molar-refractivity contribution in [3.8, 4) is 0 Å². The largest absolute Gasteiger partial charge is 0.496 e. The number of aryl methyl sites for hydroxylation is 2. The quantitative estimate of drug-likeness (QED) is 0.808. The van der Waals surface area contributed by atoms with Crippen LogP contribution >= 0.6 is 0 Å². The van der Waals surface area contributed by atoms with E-state index in [4.69, 9.17) is 4.74 Å². The van der Waals surface area contributed by atoms with Crippen molar-refractivity contribution in [1.29, 1.82) is 0 Å². The minimum absolute atomic E-state index is 0.378. The standard InChI is InChI=1S/C17H25NO/c1-3-12-18-16(17-5-4-13-19-17)11-10-15-8-6-14(2)7-9-15/h5-9,16,18H,3-4,10-13H2,1-2H3. The average molecular weight is 259 g/mol. The van der Waals surface area contributed by atoms with Crippen LogP contribution in [0.15, 0.2) is 36.1 Å². The highest BCUT2D eigenvalue weighted by molar-refractivity contribution is 5.22. The van der Waals surface area contributed by atoms with Crippen LogP contribution in [0.1, 0.15) is 37.3 Å². The molecule has 1 unspecified atom stereocenters. The molecule has 0 spiro atoms. The van der Waals surface area contributed by atoms with Gasteiger partial charge in [-0.2, -0.15) is 0 Å². The molecule has 1 aliphatic heterocycles. The summed E-state index contributed by atoms with van der Waals surface area (Å²) in [7, 11) is 0. The topological polar surface area (TPSA) is 21.3 Å². The van der Waals surface area contributed by atoms with Crippen LogP contribution in [0.25, 0.3) is 0 Å². The van der Waals surface area contributed by atoms with E-state index in [9.17, 15) is 0 Å². The molecule has 1 aromatic carbocycles. The Morgan fingerprint density at radius 2 is 2.05 bits per heavy atom. The SMILES string of the molecule is CCCNC(CCc1ccc(C)cc1)C1=CCCO1. The van der Waals surface area contributed by atoms with Crippen LogP contribution in [0.5, 0.6) is 0 Å². The summed E-state index contributed by atoms with van der Waals surface area (Å²) in [5.74, 6) is 1.15. The summed E-state index contributed by atoms with van der Waals surface area (Å²) in [6.45, 7) is 6.24. The van der Waals surface area contributed by atoms with Crippen molar-refractivity contribution in [3.63, 3.8) is 0 Å². The van der Waals surface area contributed by atoms with Crippen molar-refractivity contribution in [3.05, 3.63) is 47.2 Å². The third kappa shape index (κ3) is 4.39. The summed E-state index contributed by atoms with van der Waals surface area (Å²) >= 11 is 0. The van der Waals surface area contributed by atoms with Crippen molar-refractivity contribution in [2.24, 2.45) is 0 Å². The maximum Gasteiger partial charge on any atom is 0.109 e. The van der Waals surface area contributed by atoms with Crippen LogP contribution < -0.4 is 5.32 Å². The van der Waals surface area contributed by atoms with Crippen LogP contribution in [0.3, 0.4) is 0 Å². The summed E-state index contributed by atoms with van der Waals surface area (Å²) < 4.78 is 5.72. The highest BCUT2D eigenvalue weighted by atomic mass is 16.5. The van der Waals surface area contributed by atoms with Crippen molar-refractivity contribution in [2.45, 2.75) is 45.6 Å². The molecule has 2 rings (SSSR count). The first kappa shape index (κ1) is 14.1. The van der Waals surface area contributed by atoms with Gasteiger partial charge in [0.15, 0.2) is 0 Å². The lowest BCUT2D eigenvalue weighted by Gasteiger charge is -2.19. The highest BCUT2D eigenvalue weighted by Gasteiger charge is 2.17. The van der Waals surface area contributed by atoms with Crippen molar-refractivity contribution in [1.82, 2.24) is 5.32 Å². The number of ether oxygens (including phenoxy) is 1. The molecule has 0 fully saturated rings. The fraction of sp³-hybridized carbons (Fsp3) is 0.529. The van der Waals surface area contributed by atoms with E-state index in [1.165, 1.54) is 11.1 Å². The van der Waals surface area contributed by atoms with E-state index in [2.05, 4.69) is 49.5 Å². The Kier molecular flexibility index (Phi) is 5.46. The van der Waals surface area contributed by atoms with E-state index >= 15 is 0 Å². The van der Waals surface area contributed by atoms with E-state index in [-0.39, 0.29) is 0 Å². The lowest BCUT2D eigenvalue weighted by atomic mass is 10.0. The minimum atomic E-state index is 0.378. The molecule has 1 aliphatic rings. The van der Waals surface area contributed by atoms with Crippen LogP contribution in [-0.2, 0) is 11.2 Å². The van der Waals surface area contributed by atoms with E-state index in [0.29, 0.717) is 6.04 Å². The Morgan fingerprint density at radius 1 is 1.26 bits per heavy atom. The second-order valence-corrected chi connectivity index (χ2v) is 5.27. The summed E-state index contributed by atoms with van der Waals surface area (Å²) in [5, 5.41) is 3.60. The second kappa shape index (κ2) is 7.34. The monoisotopic (exact) mass is 259 g/mol. The predicted molar refractivity (Wildman–Crippen MR) is 80.2 cm³/mol. The maximum absolute atomic E-state index is 5.72. The molecule has 0 saturated heterocycles. The van der Waals surface area contributed by atoms with Crippen molar-refractivity contribution < 1.29 is 4.74 Å². The van der Waals surface area contributed by atoms with E-state index < -0.39 is 0 Å². The van der Waals surface area contributed by atoms with Crippen molar-refractivity contribution in [2.75, 3.05) is 13.2 Å². The molecule has 0 amide bonds. The van der Waals surface area contributed by atoms with Crippen LogP contribution in [0, 0.1) is 6.92 Å². The molecule has 1 N–H and O–H groups in total. The van der Waals surface area contributed by atoms with Crippen molar-refractivity contribution >= 4 is 0 Å². The molecule has 1 heterocycles. The van der Waals surface area contributed by atoms with E-state index in [1.807, 2.05) is 0 Å². The number of benzene rings is 1. The number of rotatable bonds is 7. The molecule has 1 atom stereocenters. The van der Waals surface area contributed by atoms with Gasteiger partial charge in [-0.15, -0.1) is 0 Å². The molecule has 2 nitrogen and oxygen atoms in total. The van der Waals surface area contributed by atoms with Gasteiger partial charge in [0.2, 0.25) is 0 Å². The Morgan fingerprint density at radius 3 is 2.68 bits per heavy atom. The first-order valence-electron chi connectivity index (χ1n) is 7.41. The summed E-state index contributed by atoms with van der Waals surface area (Å²) in [6.07, 6.45) is 6.66. The number of nitrogens with one attached hydrogen (secondary N) is 1. The van der Waals surface area contributed by atoms with Crippen LogP contribution in [-0.4, -0.2) is 19.2 Å². The van der Waals surface area contributed by atoms with Gasteiger partial charge in [-0.3, -0.25) is 0 Å². The van der Waals surface area contributed by atoms with Gasteiger partial charge in [-0.25, -0.2) is 0 Å². The van der Waals surface area contributed by atoms with Gasteiger partial charge >= 0.3 is 0 Å². The molecule has 1 aromatic rings.